The first kappa shape index (κ1) is 12.6. The highest BCUT2D eigenvalue weighted by atomic mass is 32.2. The van der Waals surface area contributed by atoms with Gasteiger partial charge < -0.3 is 9.84 Å². The van der Waals surface area contributed by atoms with Crippen LogP contribution in [-0.4, -0.2) is 41.3 Å². The zero-order chi connectivity index (χ0) is 11.6. The Morgan fingerprint density at radius 1 is 1.31 bits per heavy atom. The van der Waals surface area contributed by atoms with Gasteiger partial charge in [-0.15, -0.1) is 0 Å². The van der Waals surface area contributed by atoms with Crippen molar-refractivity contribution in [2.75, 3.05) is 18.1 Å². The molecule has 2 unspecified atom stereocenters. The quantitative estimate of drug-likeness (QED) is 0.817. The van der Waals surface area contributed by atoms with Crippen LogP contribution in [0, 0.1) is 5.92 Å². The van der Waals surface area contributed by atoms with Gasteiger partial charge in [0.25, 0.3) is 6.43 Å². The molecule has 2 aliphatic heterocycles. The van der Waals surface area contributed by atoms with E-state index in [1.807, 2.05) is 11.8 Å². The second-order valence-corrected chi connectivity index (χ2v) is 5.95. The van der Waals surface area contributed by atoms with Crippen molar-refractivity contribution < 1.29 is 18.6 Å². The maximum absolute atomic E-state index is 12.5. The normalized spacial score (nSPS) is 31.9. The Balaban J connectivity index is 1.97. The number of ether oxygens (including phenoxy) is 1. The minimum atomic E-state index is -2.63. The molecule has 16 heavy (non-hydrogen) atoms. The zero-order valence-corrected chi connectivity index (χ0v) is 10.0. The molecule has 2 atom stereocenters. The predicted molar refractivity (Wildman–Crippen MR) is 60.0 cm³/mol. The van der Waals surface area contributed by atoms with Gasteiger partial charge in [-0.05, 0) is 43.1 Å². The molecule has 0 radical (unpaired) electrons. The molecular weight excluding hydrogens is 234 g/mol. The van der Waals surface area contributed by atoms with Crippen LogP contribution in [0.25, 0.3) is 0 Å². The first-order chi connectivity index (χ1) is 7.63. The molecule has 0 aromatic carbocycles. The molecule has 2 nitrogen and oxygen atoms in total. The minimum absolute atomic E-state index is 0.218. The molecule has 1 N–H and O–H groups in total. The highest BCUT2D eigenvalue weighted by Crippen LogP contribution is 2.41. The fourth-order valence-electron chi connectivity index (χ4n) is 2.65. The third-order valence-corrected chi connectivity index (χ3v) is 4.66. The number of aliphatic hydroxyl groups excluding tert-OH is 1. The topological polar surface area (TPSA) is 29.5 Å². The van der Waals surface area contributed by atoms with Crippen molar-refractivity contribution >= 4 is 11.8 Å². The van der Waals surface area contributed by atoms with Gasteiger partial charge in [-0.25, -0.2) is 8.78 Å². The summed E-state index contributed by atoms with van der Waals surface area (Å²) in [5.74, 6) is 1.78. The molecule has 0 aromatic heterocycles. The molecule has 2 saturated heterocycles. The van der Waals surface area contributed by atoms with Crippen LogP contribution < -0.4 is 0 Å². The Bertz CT molecular complexity index is 227. The first-order valence-electron chi connectivity index (χ1n) is 5.81. The van der Waals surface area contributed by atoms with E-state index in [4.69, 9.17) is 4.74 Å². The molecule has 0 aromatic rings. The first-order valence-corrected chi connectivity index (χ1v) is 6.96. The van der Waals surface area contributed by atoms with Gasteiger partial charge in [0.05, 0.1) is 5.60 Å². The van der Waals surface area contributed by atoms with Crippen molar-refractivity contribution in [3.05, 3.63) is 0 Å². The van der Waals surface area contributed by atoms with Crippen LogP contribution in [0.3, 0.4) is 0 Å². The van der Waals surface area contributed by atoms with E-state index in [0.29, 0.717) is 19.4 Å². The lowest BCUT2D eigenvalue weighted by molar-refractivity contribution is -0.139. The Morgan fingerprint density at radius 2 is 2.00 bits per heavy atom. The van der Waals surface area contributed by atoms with Crippen LogP contribution in [0.1, 0.15) is 25.7 Å². The van der Waals surface area contributed by atoms with E-state index < -0.39 is 12.5 Å². The number of thioether (sulfide) groups is 1. The average molecular weight is 252 g/mol. The van der Waals surface area contributed by atoms with Crippen molar-refractivity contribution in [3.8, 4) is 0 Å². The second-order valence-electron chi connectivity index (χ2n) is 4.72. The van der Waals surface area contributed by atoms with Crippen molar-refractivity contribution in [1.82, 2.24) is 0 Å². The predicted octanol–water partition coefficient (Wildman–Crippen LogP) is 2.30. The molecule has 0 saturated carbocycles. The average Bonchev–Trinajstić information content (AvgIpc) is 2.29. The summed E-state index contributed by atoms with van der Waals surface area (Å²) in [5.41, 5.74) is -0.218. The smallest absolute Gasteiger partial charge is 0.264 e. The van der Waals surface area contributed by atoms with E-state index in [9.17, 15) is 13.9 Å². The van der Waals surface area contributed by atoms with E-state index in [1.165, 1.54) is 0 Å². The molecule has 0 aliphatic carbocycles. The molecule has 2 aliphatic rings. The lowest BCUT2D eigenvalue weighted by Gasteiger charge is -2.44. The number of halogens is 2. The molecular formula is C11H18F2O2S. The Kier molecular flexibility index (Phi) is 4.08. The fraction of sp³-hybridized carbons (Fsp3) is 1.00. The van der Waals surface area contributed by atoms with E-state index in [-0.39, 0.29) is 11.5 Å². The van der Waals surface area contributed by atoms with Crippen LogP contribution in [0.4, 0.5) is 8.78 Å². The highest BCUT2D eigenvalue weighted by Gasteiger charge is 2.42. The number of aliphatic hydroxyl groups is 1. The summed E-state index contributed by atoms with van der Waals surface area (Å²) >= 11 is 1.89. The molecule has 5 heteroatoms. The van der Waals surface area contributed by atoms with E-state index >= 15 is 0 Å². The summed E-state index contributed by atoms with van der Waals surface area (Å²) in [6.45, 7) is 0.513. The standard InChI is InChI=1S/C11H18F2O2S/c12-10(13)9(14)8-1-4-15-11(7-8)2-5-16-6-3-11/h8-10,14H,1-7H2. The maximum atomic E-state index is 12.5. The highest BCUT2D eigenvalue weighted by molar-refractivity contribution is 7.99. The van der Waals surface area contributed by atoms with E-state index in [0.717, 1.165) is 24.3 Å². The van der Waals surface area contributed by atoms with Gasteiger partial charge in [-0.2, -0.15) is 11.8 Å². The number of rotatable bonds is 2. The van der Waals surface area contributed by atoms with Gasteiger partial charge in [-0.3, -0.25) is 0 Å². The maximum Gasteiger partial charge on any atom is 0.264 e. The molecule has 0 amide bonds. The van der Waals surface area contributed by atoms with Gasteiger partial charge in [0.2, 0.25) is 0 Å². The van der Waals surface area contributed by atoms with Gasteiger partial charge in [0.15, 0.2) is 0 Å². The van der Waals surface area contributed by atoms with E-state index in [1.54, 1.807) is 0 Å². The molecule has 94 valence electrons. The summed E-state index contributed by atoms with van der Waals surface area (Å²) < 4.78 is 30.7. The lowest BCUT2D eigenvalue weighted by atomic mass is 9.79. The Morgan fingerprint density at radius 3 is 2.62 bits per heavy atom. The number of hydrogen-bond donors (Lipinski definition) is 1. The Hall–Kier alpha value is 0.130. The zero-order valence-electron chi connectivity index (χ0n) is 9.20. The van der Waals surface area contributed by atoms with Gasteiger partial charge in [0.1, 0.15) is 6.10 Å². The SMILES string of the molecule is OC(C(F)F)C1CCOC2(CCSCC2)C1. The number of alkyl halides is 2. The van der Waals surface area contributed by atoms with Crippen LogP contribution in [0.15, 0.2) is 0 Å². The van der Waals surface area contributed by atoms with Crippen molar-refractivity contribution in [1.29, 1.82) is 0 Å². The summed E-state index contributed by atoms with van der Waals surface area (Å²) in [7, 11) is 0. The summed E-state index contributed by atoms with van der Waals surface area (Å²) in [6, 6.07) is 0. The van der Waals surface area contributed by atoms with Gasteiger partial charge in [-0.1, -0.05) is 0 Å². The van der Waals surface area contributed by atoms with Crippen LogP contribution in [-0.2, 0) is 4.74 Å². The largest absolute Gasteiger partial charge is 0.387 e. The Labute approximate surface area is 98.7 Å². The third kappa shape index (κ3) is 2.68. The summed E-state index contributed by atoms with van der Waals surface area (Å²) in [6.07, 6.45) is -1.08. The monoisotopic (exact) mass is 252 g/mol. The minimum Gasteiger partial charge on any atom is -0.387 e. The molecule has 1 spiro atoms. The van der Waals surface area contributed by atoms with Crippen LogP contribution in [0.5, 0.6) is 0 Å². The molecule has 0 bridgehead atoms. The van der Waals surface area contributed by atoms with Crippen molar-refractivity contribution in [2.45, 2.75) is 43.8 Å². The van der Waals surface area contributed by atoms with E-state index in [2.05, 4.69) is 0 Å². The van der Waals surface area contributed by atoms with Gasteiger partial charge >= 0.3 is 0 Å². The third-order valence-electron chi connectivity index (χ3n) is 3.68. The molecule has 2 heterocycles. The van der Waals surface area contributed by atoms with Crippen molar-refractivity contribution in [2.24, 2.45) is 5.92 Å². The van der Waals surface area contributed by atoms with Crippen LogP contribution in [0.2, 0.25) is 0 Å². The van der Waals surface area contributed by atoms with Crippen LogP contribution >= 0.6 is 11.8 Å². The second kappa shape index (κ2) is 5.19. The number of hydrogen-bond acceptors (Lipinski definition) is 3. The molecule has 2 fully saturated rings. The molecule has 2 rings (SSSR count). The lowest BCUT2D eigenvalue weighted by Crippen LogP contribution is -2.46. The van der Waals surface area contributed by atoms with Gasteiger partial charge in [0, 0.05) is 6.61 Å². The van der Waals surface area contributed by atoms with Crippen molar-refractivity contribution in [3.63, 3.8) is 0 Å². The summed E-state index contributed by atoms with van der Waals surface area (Å²) in [5, 5.41) is 9.45. The fourth-order valence-corrected chi connectivity index (χ4v) is 3.89. The summed E-state index contributed by atoms with van der Waals surface area (Å²) in [4.78, 5) is 0.